The molecule has 2 aromatic carbocycles. The van der Waals surface area contributed by atoms with E-state index >= 15 is 0 Å². The molecule has 0 spiro atoms. The van der Waals surface area contributed by atoms with Gasteiger partial charge in [-0.2, -0.15) is 0 Å². The molecule has 3 rings (SSSR count). The first-order valence-electron chi connectivity index (χ1n) is 6.60. The molecular weight excluding hydrogens is 220 g/mol. The fourth-order valence-electron chi connectivity index (χ4n) is 2.96. The molecule has 0 radical (unpaired) electrons. The number of aromatic hydroxyl groups is 1. The van der Waals surface area contributed by atoms with Crippen LogP contribution in [-0.2, 0) is 12.8 Å². The van der Waals surface area contributed by atoms with Crippen LogP contribution in [-0.4, -0.2) is 5.11 Å². The van der Waals surface area contributed by atoms with Gasteiger partial charge in [0.25, 0.3) is 0 Å². The van der Waals surface area contributed by atoms with E-state index in [1.807, 2.05) is 12.1 Å². The van der Waals surface area contributed by atoms with Crippen molar-refractivity contribution in [3.63, 3.8) is 0 Å². The molecule has 1 heteroatoms. The average molecular weight is 238 g/mol. The van der Waals surface area contributed by atoms with Crippen molar-refractivity contribution in [3.8, 4) is 5.75 Å². The molecule has 0 saturated heterocycles. The van der Waals surface area contributed by atoms with Gasteiger partial charge in [-0.25, -0.2) is 0 Å². The summed E-state index contributed by atoms with van der Waals surface area (Å²) in [4.78, 5) is 0. The zero-order valence-corrected chi connectivity index (χ0v) is 10.7. The maximum Gasteiger partial charge on any atom is 0.119 e. The van der Waals surface area contributed by atoms with Crippen LogP contribution in [0, 0.1) is 6.92 Å². The fourth-order valence-corrected chi connectivity index (χ4v) is 2.96. The van der Waals surface area contributed by atoms with Gasteiger partial charge >= 0.3 is 0 Å². The van der Waals surface area contributed by atoms with Gasteiger partial charge < -0.3 is 5.11 Å². The van der Waals surface area contributed by atoms with Gasteiger partial charge in [-0.3, -0.25) is 0 Å². The summed E-state index contributed by atoms with van der Waals surface area (Å²) in [7, 11) is 0. The van der Waals surface area contributed by atoms with Crippen molar-refractivity contribution in [1.29, 1.82) is 0 Å². The first kappa shape index (κ1) is 11.3. The van der Waals surface area contributed by atoms with Crippen LogP contribution in [0.5, 0.6) is 5.75 Å². The van der Waals surface area contributed by atoms with E-state index in [9.17, 15) is 5.11 Å². The summed E-state index contributed by atoms with van der Waals surface area (Å²) >= 11 is 0. The Morgan fingerprint density at radius 1 is 1.06 bits per heavy atom. The van der Waals surface area contributed by atoms with E-state index in [-0.39, 0.29) is 0 Å². The second kappa shape index (κ2) is 4.49. The topological polar surface area (TPSA) is 20.2 Å². The minimum absolute atomic E-state index is 0.449. The number of phenolic OH excluding ortho intramolecular Hbond substituents is 1. The third-order valence-electron chi connectivity index (χ3n) is 3.97. The van der Waals surface area contributed by atoms with E-state index in [0.717, 1.165) is 24.8 Å². The van der Waals surface area contributed by atoms with Crippen LogP contribution in [0.1, 0.15) is 34.6 Å². The monoisotopic (exact) mass is 238 g/mol. The van der Waals surface area contributed by atoms with Crippen molar-refractivity contribution in [1.82, 2.24) is 0 Å². The predicted octanol–water partition coefficient (Wildman–Crippen LogP) is 3.97. The normalized spacial score (nSPS) is 18.4. The van der Waals surface area contributed by atoms with E-state index in [0.29, 0.717) is 11.7 Å². The molecule has 0 bridgehead atoms. The highest BCUT2D eigenvalue weighted by atomic mass is 16.3. The van der Waals surface area contributed by atoms with Crippen LogP contribution in [0.15, 0.2) is 42.5 Å². The third kappa shape index (κ3) is 2.01. The molecular formula is C17H18O. The first-order chi connectivity index (χ1) is 8.74. The minimum atomic E-state index is 0.449. The number of benzene rings is 2. The maximum absolute atomic E-state index is 10.0. The summed E-state index contributed by atoms with van der Waals surface area (Å²) in [6.45, 7) is 2.08. The number of rotatable bonds is 1. The Bertz CT molecular complexity index is 572. The van der Waals surface area contributed by atoms with Gasteiger partial charge in [-0.05, 0) is 54.9 Å². The van der Waals surface area contributed by atoms with Crippen molar-refractivity contribution >= 4 is 0 Å². The van der Waals surface area contributed by atoms with Gasteiger partial charge in [-0.15, -0.1) is 0 Å². The molecule has 1 aliphatic carbocycles. The first-order valence-corrected chi connectivity index (χ1v) is 6.60. The molecule has 1 unspecified atom stereocenters. The molecule has 1 nitrogen and oxygen atoms in total. The molecule has 1 N–H and O–H groups in total. The van der Waals surface area contributed by atoms with Crippen LogP contribution in [0.4, 0.5) is 0 Å². The van der Waals surface area contributed by atoms with Crippen LogP contribution in [0.3, 0.4) is 0 Å². The smallest absolute Gasteiger partial charge is 0.119 e. The van der Waals surface area contributed by atoms with Crippen LogP contribution < -0.4 is 0 Å². The Kier molecular flexibility index (Phi) is 2.83. The van der Waals surface area contributed by atoms with Crippen molar-refractivity contribution in [3.05, 3.63) is 64.7 Å². The largest absolute Gasteiger partial charge is 0.508 e. The fraction of sp³-hybridized carbons (Fsp3) is 0.294. The average Bonchev–Trinajstić information content (AvgIpc) is 2.41. The molecule has 0 fully saturated rings. The van der Waals surface area contributed by atoms with Gasteiger partial charge in [0.2, 0.25) is 0 Å². The Morgan fingerprint density at radius 3 is 2.67 bits per heavy atom. The van der Waals surface area contributed by atoms with Crippen LogP contribution in [0.2, 0.25) is 0 Å². The number of fused-ring (bicyclic) bond motifs is 1. The number of hydrogen-bond acceptors (Lipinski definition) is 1. The second-order valence-electron chi connectivity index (χ2n) is 5.27. The van der Waals surface area contributed by atoms with E-state index in [1.54, 1.807) is 0 Å². The molecule has 0 aromatic heterocycles. The van der Waals surface area contributed by atoms with E-state index in [2.05, 4.69) is 37.3 Å². The minimum Gasteiger partial charge on any atom is -0.508 e. The van der Waals surface area contributed by atoms with Crippen LogP contribution >= 0.6 is 0 Å². The summed E-state index contributed by atoms with van der Waals surface area (Å²) in [5, 5.41) is 10.0. The highest BCUT2D eigenvalue weighted by Gasteiger charge is 2.21. The zero-order valence-electron chi connectivity index (χ0n) is 10.7. The zero-order chi connectivity index (χ0) is 12.5. The van der Waals surface area contributed by atoms with Crippen molar-refractivity contribution in [2.75, 3.05) is 0 Å². The molecule has 0 saturated carbocycles. The lowest BCUT2D eigenvalue weighted by Crippen LogP contribution is -2.12. The van der Waals surface area contributed by atoms with Gasteiger partial charge in [0.15, 0.2) is 0 Å². The Labute approximate surface area is 108 Å². The number of hydrogen-bond donors (Lipinski definition) is 1. The van der Waals surface area contributed by atoms with E-state index in [4.69, 9.17) is 0 Å². The Morgan fingerprint density at radius 2 is 1.83 bits per heavy atom. The van der Waals surface area contributed by atoms with Crippen LogP contribution in [0.25, 0.3) is 0 Å². The molecule has 1 aliphatic rings. The van der Waals surface area contributed by atoms with Gasteiger partial charge in [-0.1, -0.05) is 42.0 Å². The lowest BCUT2D eigenvalue weighted by atomic mass is 9.79. The lowest BCUT2D eigenvalue weighted by molar-refractivity contribution is 0.453. The highest BCUT2D eigenvalue weighted by molar-refractivity contribution is 5.41. The third-order valence-corrected chi connectivity index (χ3v) is 3.97. The quantitative estimate of drug-likeness (QED) is 0.797. The number of phenols is 1. The summed E-state index contributed by atoms with van der Waals surface area (Å²) in [5.41, 5.74) is 5.25. The Hall–Kier alpha value is -1.76. The van der Waals surface area contributed by atoms with E-state index < -0.39 is 0 Å². The van der Waals surface area contributed by atoms with Gasteiger partial charge in [0.05, 0.1) is 0 Å². The standard InChI is InChI=1S/C17H18O/c1-12-6-9-17(18)16(10-12)15-8-7-13-4-2-3-5-14(13)11-15/h2-6,9-10,15,18H,7-8,11H2,1H3. The molecule has 92 valence electrons. The summed E-state index contributed by atoms with van der Waals surface area (Å²) in [6, 6.07) is 14.6. The van der Waals surface area contributed by atoms with Crippen molar-refractivity contribution in [2.24, 2.45) is 0 Å². The number of aryl methyl sites for hydroxylation is 2. The molecule has 2 aromatic rings. The predicted molar refractivity (Wildman–Crippen MR) is 74.1 cm³/mol. The molecule has 0 heterocycles. The van der Waals surface area contributed by atoms with Crippen molar-refractivity contribution < 1.29 is 5.11 Å². The second-order valence-corrected chi connectivity index (χ2v) is 5.27. The SMILES string of the molecule is Cc1ccc(O)c(C2CCc3ccccc3C2)c1. The lowest BCUT2D eigenvalue weighted by Gasteiger charge is -2.25. The van der Waals surface area contributed by atoms with Gasteiger partial charge in [0.1, 0.15) is 5.75 Å². The highest BCUT2D eigenvalue weighted by Crippen LogP contribution is 2.36. The summed E-state index contributed by atoms with van der Waals surface area (Å²) in [6.07, 6.45) is 3.30. The molecule has 0 amide bonds. The summed E-state index contributed by atoms with van der Waals surface area (Å²) < 4.78 is 0. The maximum atomic E-state index is 10.0. The Balaban J connectivity index is 1.94. The molecule has 0 aliphatic heterocycles. The van der Waals surface area contributed by atoms with Crippen molar-refractivity contribution in [2.45, 2.75) is 32.1 Å². The molecule has 18 heavy (non-hydrogen) atoms. The molecule has 1 atom stereocenters. The summed E-state index contributed by atoms with van der Waals surface area (Å²) in [5.74, 6) is 0.907. The van der Waals surface area contributed by atoms with E-state index in [1.165, 1.54) is 16.7 Å². The van der Waals surface area contributed by atoms with Gasteiger partial charge in [0, 0.05) is 0 Å².